The van der Waals surface area contributed by atoms with Gasteiger partial charge in [0.05, 0.1) is 11.4 Å². The van der Waals surface area contributed by atoms with E-state index in [9.17, 15) is 19.5 Å². The van der Waals surface area contributed by atoms with Crippen LogP contribution in [-0.2, 0) is 17.6 Å². The molecule has 1 aliphatic heterocycles. The van der Waals surface area contributed by atoms with Crippen LogP contribution < -0.4 is 25.5 Å². The van der Waals surface area contributed by atoms with Crippen LogP contribution in [0.25, 0.3) is 11.0 Å². The van der Waals surface area contributed by atoms with Gasteiger partial charge in [0.15, 0.2) is 28.8 Å². The van der Waals surface area contributed by atoms with Gasteiger partial charge in [-0.3, -0.25) is 14.4 Å². The van der Waals surface area contributed by atoms with Crippen molar-refractivity contribution in [3.8, 4) is 11.5 Å². The van der Waals surface area contributed by atoms with Crippen molar-refractivity contribution in [2.75, 3.05) is 19.8 Å². The minimum atomic E-state index is -1.55. The molecule has 4 aromatic rings. The first kappa shape index (κ1) is 27.0. The van der Waals surface area contributed by atoms with Gasteiger partial charge >= 0.3 is 0 Å². The Hall–Kier alpha value is -4.63. The van der Waals surface area contributed by atoms with Crippen molar-refractivity contribution < 1.29 is 28.6 Å². The van der Waals surface area contributed by atoms with E-state index in [0.29, 0.717) is 37.7 Å². The van der Waals surface area contributed by atoms with E-state index in [-0.39, 0.29) is 34.1 Å². The third-order valence-electron chi connectivity index (χ3n) is 6.81. The van der Waals surface area contributed by atoms with E-state index in [4.69, 9.17) is 13.9 Å². The monoisotopic (exact) mass is 542 g/mol. The highest BCUT2D eigenvalue weighted by Crippen LogP contribution is 2.34. The van der Waals surface area contributed by atoms with Crippen LogP contribution in [0.5, 0.6) is 11.5 Å². The molecule has 0 radical (unpaired) electrons. The maximum atomic E-state index is 13.4. The summed E-state index contributed by atoms with van der Waals surface area (Å²) in [5.41, 5.74) is 1.74. The minimum absolute atomic E-state index is 0.0990. The second-order valence-electron chi connectivity index (χ2n) is 9.62. The van der Waals surface area contributed by atoms with Gasteiger partial charge in [-0.15, -0.1) is 0 Å². The van der Waals surface area contributed by atoms with Crippen LogP contribution in [0.4, 0.5) is 0 Å². The molecule has 0 saturated carbocycles. The van der Waals surface area contributed by atoms with E-state index < -0.39 is 24.0 Å². The maximum absolute atomic E-state index is 13.4. The first-order chi connectivity index (χ1) is 19.4. The van der Waals surface area contributed by atoms with Gasteiger partial charge in [-0.2, -0.15) is 0 Å². The SMILES string of the molecule is Cc1c(C(=O)N[C@@H](Cc2ccccc2)[C@@H](O)C(=O)NCCc2ccccc2)oc2cc3c(cc2c1=O)OCCO3. The number of carbonyl (C=O) groups excluding carboxylic acids is 2. The molecule has 9 nitrogen and oxygen atoms in total. The highest BCUT2D eigenvalue weighted by atomic mass is 16.6. The van der Waals surface area contributed by atoms with Gasteiger partial charge in [-0.05, 0) is 37.0 Å². The number of aliphatic hydroxyl groups excluding tert-OH is 1. The Labute approximate surface area is 230 Å². The minimum Gasteiger partial charge on any atom is -0.486 e. The Bertz CT molecular complexity index is 1570. The van der Waals surface area contributed by atoms with Crippen molar-refractivity contribution in [3.63, 3.8) is 0 Å². The summed E-state index contributed by atoms with van der Waals surface area (Å²) in [5, 5.41) is 16.7. The van der Waals surface area contributed by atoms with Crippen molar-refractivity contribution in [2.24, 2.45) is 0 Å². The Morgan fingerprint density at radius 2 is 1.55 bits per heavy atom. The molecule has 0 bridgehead atoms. The predicted molar refractivity (Wildman–Crippen MR) is 149 cm³/mol. The molecule has 1 aromatic heterocycles. The number of aliphatic hydroxyl groups is 1. The van der Waals surface area contributed by atoms with Gasteiger partial charge in [0, 0.05) is 18.2 Å². The molecular weight excluding hydrogens is 512 g/mol. The van der Waals surface area contributed by atoms with Gasteiger partial charge < -0.3 is 29.6 Å². The van der Waals surface area contributed by atoms with Crippen LogP contribution in [0.1, 0.15) is 27.2 Å². The van der Waals surface area contributed by atoms with E-state index in [0.717, 1.165) is 11.1 Å². The molecule has 40 heavy (non-hydrogen) atoms. The second-order valence-corrected chi connectivity index (χ2v) is 9.62. The number of nitrogens with one attached hydrogen (secondary N) is 2. The molecule has 0 spiro atoms. The Morgan fingerprint density at radius 1 is 0.925 bits per heavy atom. The summed E-state index contributed by atoms with van der Waals surface area (Å²) < 4.78 is 17.0. The zero-order chi connectivity index (χ0) is 28.1. The van der Waals surface area contributed by atoms with Gasteiger partial charge in [-0.25, -0.2) is 0 Å². The molecule has 1 aliphatic rings. The van der Waals surface area contributed by atoms with E-state index in [1.165, 1.54) is 13.0 Å². The lowest BCUT2D eigenvalue weighted by Crippen LogP contribution is -2.52. The average molecular weight is 543 g/mol. The number of ether oxygens (including phenoxy) is 2. The summed E-state index contributed by atoms with van der Waals surface area (Å²) in [6.45, 7) is 2.54. The molecule has 2 atom stereocenters. The lowest BCUT2D eigenvalue weighted by molar-refractivity contribution is -0.130. The Morgan fingerprint density at radius 3 is 2.23 bits per heavy atom. The van der Waals surface area contributed by atoms with Crippen molar-refractivity contribution in [3.05, 3.63) is 105 Å². The third kappa shape index (κ3) is 6.00. The van der Waals surface area contributed by atoms with E-state index >= 15 is 0 Å². The first-order valence-corrected chi connectivity index (χ1v) is 13.1. The summed E-state index contributed by atoms with van der Waals surface area (Å²) in [4.78, 5) is 39.5. The third-order valence-corrected chi connectivity index (χ3v) is 6.81. The highest BCUT2D eigenvalue weighted by molar-refractivity contribution is 5.96. The van der Waals surface area contributed by atoms with E-state index in [1.807, 2.05) is 60.7 Å². The molecule has 0 aliphatic carbocycles. The maximum Gasteiger partial charge on any atom is 0.287 e. The van der Waals surface area contributed by atoms with Crippen LogP contribution in [0.2, 0.25) is 0 Å². The molecule has 2 heterocycles. The number of hydrogen-bond acceptors (Lipinski definition) is 7. The molecule has 9 heteroatoms. The second kappa shape index (κ2) is 12.0. The fourth-order valence-corrected chi connectivity index (χ4v) is 4.65. The molecule has 0 fully saturated rings. The molecule has 5 rings (SSSR count). The lowest BCUT2D eigenvalue weighted by Gasteiger charge is -2.24. The fourth-order valence-electron chi connectivity index (χ4n) is 4.65. The van der Waals surface area contributed by atoms with Crippen LogP contribution in [0.3, 0.4) is 0 Å². The number of benzene rings is 3. The van der Waals surface area contributed by atoms with Crippen LogP contribution in [-0.4, -0.2) is 48.8 Å². The summed E-state index contributed by atoms with van der Waals surface area (Å²) in [6, 6.07) is 20.9. The zero-order valence-electron chi connectivity index (χ0n) is 22.0. The van der Waals surface area contributed by atoms with Crippen molar-refractivity contribution in [1.82, 2.24) is 10.6 Å². The number of amides is 2. The molecule has 0 unspecified atom stereocenters. The number of rotatable bonds is 9. The van der Waals surface area contributed by atoms with Crippen LogP contribution >= 0.6 is 0 Å². The Balaban J connectivity index is 1.37. The first-order valence-electron chi connectivity index (χ1n) is 13.1. The predicted octanol–water partition coefficient (Wildman–Crippen LogP) is 2.93. The molecule has 0 saturated heterocycles. The molecular formula is C31H30N2O7. The number of fused-ring (bicyclic) bond motifs is 2. The van der Waals surface area contributed by atoms with Crippen molar-refractivity contribution in [1.29, 1.82) is 0 Å². The summed E-state index contributed by atoms with van der Waals surface area (Å²) in [7, 11) is 0. The van der Waals surface area contributed by atoms with Crippen LogP contribution in [0.15, 0.2) is 82.0 Å². The molecule has 206 valence electrons. The van der Waals surface area contributed by atoms with Gasteiger partial charge in [0.25, 0.3) is 11.8 Å². The smallest absolute Gasteiger partial charge is 0.287 e. The topological polar surface area (TPSA) is 127 Å². The van der Waals surface area contributed by atoms with Gasteiger partial charge in [-0.1, -0.05) is 60.7 Å². The van der Waals surface area contributed by atoms with Gasteiger partial charge in [0.2, 0.25) is 0 Å². The molecule has 3 N–H and O–H groups in total. The molecule has 3 aromatic carbocycles. The number of carbonyl (C=O) groups is 2. The van der Waals surface area contributed by atoms with Crippen molar-refractivity contribution >= 4 is 22.8 Å². The Kier molecular flexibility index (Phi) is 8.12. The van der Waals surface area contributed by atoms with Crippen LogP contribution in [0, 0.1) is 6.92 Å². The standard InChI is InChI=1S/C31H30N2O7/c1-19-27(34)22-17-25-26(39-15-14-38-25)18-24(22)40-29(19)31(37)33-23(16-21-10-6-3-7-11-21)28(35)30(36)32-13-12-20-8-4-2-5-9-20/h2-11,17-18,23,28,35H,12-16H2,1H3,(H,32,36)(H,33,37)/t23-,28+/m0/s1. The lowest BCUT2D eigenvalue weighted by atomic mass is 10.00. The average Bonchev–Trinajstić information content (AvgIpc) is 2.98. The zero-order valence-corrected chi connectivity index (χ0v) is 22.0. The fraction of sp³-hybridized carbons (Fsp3) is 0.258. The van der Waals surface area contributed by atoms with E-state index in [1.54, 1.807) is 6.07 Å². The summed E-state index contributed by atoms with van der Waals surface area (Å²) in [6.07, 6.45) is -0.783. The quantitative estimate of drug-likeness (QED) is 0.297. The summed E-state index contributed by atoms with van der Waals surface area (Å²) in [5.74, 6) is -0.682. The number of hydrogen-bond donors (Lipinski definition) is 3. The highest BCUT2D eigenvalue weighted by Gasteiger charge is 2.30. The summed E-state index contributed by atoms with van der Waals surface area (Å²) >= 11 is 0. The van der Waals surface area contributed by atoms with Gasteiger partial charge in [0.1, 0.15) is 18.8 Å². The largest absolute Gasteiger partial charge is 0.486 e. The normalized spacial score (nSPS) is 13.8. The van der Waals surface area contributed by atoms with E-state index in [2.05, 4.69) is 10.6 Å². The van der Waals surface area contributed by atoms with Crippen molar-refractivity contribution in [2.45, 2.75) is 31.9 Å². The molecule has 2 amide bonds.